The smallest absolute Gasteiger partial charge is 0.339 e. The van der Waals surface area contributed by atoms with Crippen LogP contribution in [0.5, 0.6) is 0 Å². The summed E-state index contributed by atoms with van der Waals surface area (Å²) in [4.78, 5) is 10.9. The van der Waals surface area contributed by atoms with Gasteiger partial charge in [-0.05, 0) is 5.92 Å². The van der Waals surface area contributed by atoms with Crippen LogP contribution in [-0.4, -0.2) is 30.8 Å². The maximum Gasteiger partial charge on any atom is 0.339 e. The maximum absolute atomic E-state index is 11.9. The van der Waals surface area contributed by atoms with Gasteiger partial charge in [0.2, 0.25) is 0 Å². The lowest BCUT2D eigenvalue weighted by Gasteiger charge is -2.08. The molecule has 0 fully saturated rings. The minimum Gasteiger partial charge on any atom is -0.478 e. The molecular weight excluding hydrogens is 240 g/mol. The minimum absolute atomic E-state index is 0.144. The van der Waals surface area contributed by atoms with Crippen molar-refractivity contribution in [2.45, 2.75) is 26.0 Å². The fourth-order valence-electron chi connectivity index (χ4n) is 1.46. The van der Waals surface area contributed by atoms with Crippen molar-refractivity contribution in [3.05, 3.63) is 17.5 Å². The van der Waals surface area contributed by atoms with Crippen LogP contribution < -0.4 is 0 Å². The van der Waals surface area contributed by atoms with Crippen molar-refractivity contribution >= 4 is 16.8 Å². The molecule has 5 nitrogen and oxygen atoms in total. The lowest BCUT2D eigenvalue weighted by molar-refractivity contribution is 0.0696. The van der Waals surface area contributed by atoms with Gasteiger partial charge in [-0.15, -0.1) is 0 Å². The van der Waals surface area contributed by atoms with Gasteiger partial charge in [-0.1, -0.05) is 20.3 Å². The first-order valence-corrected chi connectivity index (χ1v) is 7.03. The van der Waals surface area contributed by atoms with Crippen molar-refractivity contribution in [1.82, 2.24) is 9.78 Å². The van der Waals surface area contributed by atoms with E-state index in [-0.39, 0.29) is 11.3 Å². The molecule has 0 saturated heterocycles. The third-order valence-electron chi connectivity index (χ3n) is 2.76. The quantitative estimate of drug-likeness (QED) is 0.837. The average Bonchev–Trinajstić information content (AvgIpc) is 2.60. The van der Waals surface area contributed by atoms with E-state index in [1.807, 2.05) is 6.92 Å². The molecule has 0 saturated carbocycles. The Labute approximate surface area is 103 Å². The highest BCUT2D eigenvalue weighted by atomic mass is 32.2. The van der Waals surface area contributed by atoms with Gasteiger partial charge in [0, 0.05) is 23.6 Å². The molecule has 96 valence electrons. The first kappa shape index (κ1) is 13.9. The lowest BCUT2D eigenvalue weighted by Crippen LogP contribution is -2.13. The van der Waals surface area contributed by atoms with Gasteiger partial charge in [0.25, 0.3) is 0 Å². The van der Waals surface area contributed by atoms with Gasteiger partial charge in [0.05, 0.1) is 17.6 Å². The Balaban J connectivity index is 2.77. The van der Waals surface area contributed by atoms with Gasteiger partial charge in [0.15, 0.2) is 0 Å². The number of carbonyl (C=O) groups is 1. The molecule has 0 amide bonds. The molecule has 1 aromatic heterocycles. The number of aromatic carboxylic acids is 1. The zero-order valence-electron chi connectivity index (χ0n) is 10.3. The fourth-order valence-corrected chi connectivity index (χ4v) is 3.09. The third-order valence-corrected chi connectivity index (χ3v) is 4.29. The van der Waals surface area contributed by atoms with Gasteiger partial charge >= 0.3 is 5.97 Å². The zero-order chi connectivity index (χ0) is 13.0. The Bertz CT molecular complexity index is 428. The first-order chi connectivity index (χ1) is 7.95. The molecule has 6 heteroatoms. The molecule has 2 atom stereocenters. The molecule has 1 heterocycles. The van der Waals surface area contributed by atoms with Crippen molar-refractivity contribution in [2.24, 2.45) is 13.0 Å². The molecule has 0 aromatic carbocycles. The van der Waals surface area contributed by atoms with E-state index in [1.54, 1.807) is 7.05 Å². The number of aromatic nitrogens is 2. The van der Waals surface area contributed by atoms with E-state index in [1.165, 1.54) is 10.9 Å². The van der Waals surface area contributed by atoms with Crippen molar-refractivity contribution in [3.8, 4) is 0 Å². The number of carboxylic acids is 1. The van der Waals surface area contributed by atoms with Crippen LogP contribution in [0.1, 0.15) is 36.3 Å². The second-order valence-electron chi connectivity index (χ2n) is 4.20. The number of rotatable bonds is 6. The van der Waals surface area contributed by atoms with E-state index < -0.39 is 16.8 Å². The summed E-state index contributed by atoms with van der Waals surface area (Å²) in [6.45, 7) is 4.09. The molecule has 0 aliphatic heterocycles. The van der Waals surface area contributed by atoms with E-state index in [0.29, 0.717) is 17.4 Å². The summed E-state index contributed by atoms with van der Waals surface area (Å²) in [5.74, 6) is 0.217. The molecule has 1 N–H and O–H groups in total. The number of hydrogen-bond acceptors (Lipinski definition) is 3. The van der Waals surface area contributed by atoms with Crippen LogP contribution in [0.4, 0.5) is 0 Å². The van der Waals surface area contributed by atoms with Crippen molar-refractivity contribution in [3.63, 3.8) is 0 Å². The van der Waals surface area contributed by atoms with E-state index in [9.17, 15) is 9.00 Å². The van der Waals surface area contributed by atoms with Crippen LogP contribution >= 0.6 is 0 Å². The summed E-state index contributed by atoms with van der Waals surface area (Å²) in [6, 6.07) is 0. The van der Waals surface area contributed by atoms with Gasteiger partial charge in [0.1, 0.15) is 5.56 Å². The van der Waals surface area contributed by atoms with Crippen molar-refractivity contribution < 1.29 is 14.1 Å². The monoisotopic (exact) mass is 258 g/mol. The summed E-state index contributed by atoms with van der Waals surface area (Å²) in [7, 11) is 0.628. The van der Waals surface area contributed by atoms with Crippen molar-refractivity contribution in [2.75, 3.05) is 5.75 Å². The number of nitrogens with zero attached hydrogens (tertiary/aromatic N) is 2. The summed E-state index contributed by atoms with van der Waals surface area (Å²) >= 11 is 0. The summed E-state index contributed by atoms with van der Waals surface area (Å²) in [6.07, 6.45) is 2.28. The number of aryl methyl sites for hydroxylation is 1. The van der Waals surface area contributed by atoms with E-state index in [0.717, 1.165) is 6.42 Å². The molecule has 0 spiro atoms. The Morgan fingerprint density at radius 2 is 2.29 bits per heavy atom. The molecule has 0 aliphatic carbocycles. The zero-order valence-corrected chi connectivity index (χ0v) is 11.2. The van der Waals surface area contributed by atoms with E-state index in [2.05, 4.69) is 12.0 Å². The second-order valence-corrected chi connectivity index (χ2v) is 5.70. The molecule has 1 aromatic rings. The van der Waals surface area contributed by atoms with Crippen LogP contribution in [0, 0.1) is 5.92 Å². The topological polar surface area (TPSA) is 72.2 Å². The Morgan fingerprint density at radius 3 is 2.82 bits per heavy atom. The van der Waals surface area contributed by atoms with Crippen LogP contribution in [0.3, 0.4) is 0 Å². The first-order valence-electron chi connectivity index (χ1n) is 5.54. The highest BCUT2D eigenvalue weighted by Crippen LogP contribution is 2.12. The molecule has 2 unspecified atom stereocenters. The predicted molar refractivity (Wildman–Crippen MR) is 66.3 cm³/mol. The standard InChI is InChI=1S/C11H18N2O3S/c1-4-8(2)6-17(16)7-10-9(11(14)15)5-12-13(10)3/h5,8H,4,6-7H2,1-3H3,(H,14,15). The van der Waals surface area contributed by atoms with Crippen LogP contribution in [0.15, 0.2) is 6.20 Å². The van der Waals surface area contributed by atoms with Crippen LogP contribution in [0.2, 0.25) is 0 Å². The highest BCUT2D eigenvalue weighted by molar-refractivity contribution is 7.84. The molecule has 17 heavy (non-hydrogen) atoms. The lowest BCUT2D eigenvalue weighted by atomic mass is 10.2. The third kappa shape index (κ3) is 3.66. The Hall–Kier alpha value is -1.17. The van der Waals surface area contributed by atoms with Gasteiger partial charge < -0.3 is 5.11 Å². The average molecular weight is 258 g/mol. The molecule has 0 bridgehead atoms. The van der Waals surface area contributed by atoms with Crippen LogP contribution in [0.25, 0.3) is 0 Å². The van der Waals surface area contributed by atoms with Crippen molar-refractivity contribution in [1.29, 1.82) is 0 Å². The summed E-state index contributed by atoms with van der Waals surface area (Å²) in [5, 5.41) is 12.9. The number of hydrogen-bond donors (Lipinski definition) is 1. The molecule has 0 radical (unpaired) electrons. The normalized spacial score (nSPS) is 14.5. The van der Waals surface area contributed by atoms with Gasteiger partial charge in [-0.25, -0.2) is 4.79 Å². The second kappa shape index (κ2) is 5.95. The van der Waals surface area contributed by atoms with Gasteiger partial charge in [-0.3, -0.25) is 8.89 Å². The molecule has 0 aliphatic rings. The summed E-state index contributed by atoms with van der Waals surface area (Å²) in [5.41, 5.74) is 0.670. The Kier molecular flexibility index (Phi) is 4.86. The van der Waals surface area contributed by atoms with Gasteiger partial charge in [-0.2, -0.15) is 5.10 Å². The fraction of sp³-hybridized carbons (Fsp3) is 0.636. The largest absolute Gasteiger partial charge is 0.478 e. The molecule has 1 rings (SSSR count). The van der Waals surface area contributed by atoms with E-state index >= 15 is 0 Å². The molecular formula is C11H18N2O3S. The summed E-state index contributed by atoms with van der Waals surface area (Å²) < 4.78 is 13.4. The SMILES string of the molecule is CCC(C)CS(=O)Cc1c(C(=O)O)cnn1C. The van der Waals surface area contributed by atoms with Crippen LogP contribution in [-0.2, 0) is 23.6 Å². The number of carboxylic acid groups (broad SMARTS) is 1. The highest BCUT2D eigenvalue weighted by Gasteiger charge is 2.17. The predicted octanol–water partition coefficient (Wildman–Crippen LogP) is 1.41. The Morgan fingerprint density at radius 1 is 1.65 bits per heavy atom. The van der Waals surface area contributed by atoms with E-state index in [4.69, 9.17) is 5.11 Å². The minimum atomic E-state index is -1.04. The maximum atomic E-state index is 11.9.